The molecule has 11 heavy (non-hydrogen) atoms. The van der Waals surface area contributed by atoms with Crippen LogP contribution in [0.4, 0.5) is 4.79 Å². The highest BCUT2D eigenvalue weighted by Crippen LogP contribution is 2.31. The molecule has 1 atom stereocenters. The van der Waals surface area contributed by atoms with Gasteiger partial charge >= 0.3 is 6.09 Å². The van der Waals surface area contributed by atoms with Gasteiger partial charge in [-0.3, -0.25) is 4.90 Å². The zero-order valence-corrected chi connectivity index (χ0v) is 6.19. The van der Waals surface area contributed by atoms with Gasteiger partial charge < -0.3 is 9.84 Å². The molecule has 0 bridgehead atoms. The number of hydrogen-bond donors (Lipinski definition) is 1. The lowest BCUT2D eigenvalue weighted by Gasteiger charge is -2.18. The summed E-state index contributed by atoms with van der Waals surface area (Å²) < 4.78 is 4.80. The van der Waals surface area contributed by atoms with Crippen LogP contribution in [0.2, 0.25) is 0 Å². The van der Waals surface area contributed by atoms with Gasteiger partial charge in [0.25, 0.3) is 0 Å². The molecular formula is C7H11NO3. The maximum Gasteiger partial charge on any atom is 0.410 e. The van der Waals surface area contributed by atoms with E-state index in [1.165, 1.54) is 0 Å². The zero-order chi connectivity index (χ0) is 7.84. The van der Waals surface area contributed by atoms with Crippen molar-refractivity contribution in [1.82, 2.24) is 4.90 Å². The number of carbonyl (C=O) groups excluding carboxylic acids is 1. The standard InChI is InChI=1S/C7H11NO3/c9-3-6-4-11-7(10)8(6)5-1-2-5/h5-6,9H,1-4H2. The van der Waals surface area contributed by atoms with E-state index < -0.39 is 0 Å². The van der Waals surface area contributed by atoms with Crippen LogP contribution >= 0.6 is 0 Å². The number of rotatable bonds is 2. The average Bonchev–Trinajstić information content (AvgIpc) is 2.76. The molecule has 0 aromatic carbocycles. The first-order valence-corrected chi connectivity index (χ1v) is 3.89. The van der Waals surface area contributed by atoms with Gasteiger partial charge in [0.15, 0.2) is 0 Å². The van der Waals surface area contributed by atoms with Crippen molar-refractivity contribution in [3.63, 3.8) is 0 Å². The minimum absolute atomic E-state index is 0.0161. The number of carbonyl (C=O) groups is 1. The first-order chi connectivity index (χ1) is 5.33. The third kappa shape index (κ3) is 1.07. The van der Waals surface area contributed by atoms with E-state index in [0.717, 1.165) is 12.8 Å². The number of ether oxygens (including phenoxy) is 1. The maximum atomic E-state index is 11.0. The van der Waals surface area contributed by atoms with Crippen molar-refractivity contribution in [2.24, 2.45) is 0 Å². The minimum Gasteiger partial charge on any atom is -0.447 e. The van der Waals surface area contributed by atoms with Crippen molar-refractivity contribution < 1.29 is 14.6 Å². The molecule has 1 N–H and O–H groups in total. The van der Waals surface area contributed by atoms with Crippen LogP contribution in [0, 0.1) is 0 Å². The molecule has 62 valence electrons. The highest BCUT2D eigenvalue weighted by atomic mass is 16.6. The smallest absolute Gasteiger partial charge is 0.410 e. The lowest BCUT2D eigenvalue weighted by molar-refractivity contribution is 0.150. The number of hydrogen-bond acceptors (Lipinski definition) is 3. The number of aliphatic hydroxyl groups is 1. The Balaban J connectivity index is 2.05. The fourth-order valence-electron chi connectivity index (χ4n) is 1.41. The monoisotopic (exact) mass is 157 g/mol. The Morgan fingerprint density at radius 1 is 1.64 bits per heavy atom. The van der Waals surface area contributed by atoms with Crippen LogP contribution in [0.25, 0.3) is 0 Å². The Labute approximate surface area is 64.7 Å². The van der Waals surface area contributed by atoms with Crippen molar-refractivity contribution in [2.45, 2.75) is 24.9 Å². The van der Waals surface area contributed by atoms with Crippen molar-refractivity contribution in [3.05, 3.63) is 0 Å². The quantitative estimate of drug-likeness (QED) is 0.612. The van der Waals surface area contributed by atoms with Gasteiger partial charge in [-0.05, 0) is 12.8 Å². The molecule has 1 saturated heterocycles. The molecule has 1 saturated carbocycles. The highest BCUT2D eigenvalue weighted by molar-refractivity contribution is 5.71. The third-order valence-electron chi connectivity index (χ3n) is 2.15. The SMILES string of the molecule is O=C1OCC(CO)N1C1CC1. The molecule has 0 spiro atoms. The molecule has 0 radical (unpaired) electrons. The Morgan fingerprint density at radius 3 is 2.91 bits per heavy atom. The van der Waals surface area contributed by atoms with Gasteiger partial charge in [0.2, 0.25) is 0 Å². The van der Waals surface area contributed by atoms with Gasteiger partial charge in [-0.1, -0.05) is 0 Å². The van der Waals surface area contributed by atoms with E-state index in [1.807, 2.05) is 0 Å². The lowest BCUT2D eigenvalue weighted by Crippen LogP contribution is -2.37. The summed E-state index contributed by atoms with van der Waals surface area (Å²) in [6, 6.07) is 0.261. The summed E-state index contributed by atoms with van der Waals surface area (Å²) in [5.41, 5.74) is 0. The molecule has 1 amide bonds. The molecule has 4 heteroatoms. The molecule has 1 aliphatic heterocycles. The molecule has 1 heterocycles. The first-order valence-electron chi connectivity index (χ1n) is 3.89. The summed E-state index contributed by atoms with van der Waals surface area (Å²) in [6.07, 6.45) is 1.86. The Bertz CT molecular complexity index is 179. The Kier molecular flexibility index (Phi) is 1.49. The zero-order valence-electron chi connectivity index (χ0n) is 6.19. The van der Waals surface area contributed by atoms with Crippen molar-refractivity contribution in [1.29, 1.82) is 0 Å². The highest BCUT2D eigenvalue weighted by Gasteiger charge is 2.42. The van der Waals surface area contributed by atoms with Crippen LogP contribution in [0.1, 0.15) is 12.8 Å². The summed E-state index contributed by atoms with van der Waals surface area (Å²) in [5, 5.41) is 8.86. The summed E-state index contributed by atoms with van der Waals surface area (Å²) in [4.78, 5) is 12.7. The van der Waals surface area contributed by atoms with E-state index in [2.05, 4.69) is 0 Å². The van der Waals surface area contributed by atoms with Crippen molar-refractivity contribution in [3.8, 4) is 0 Å². The van der Waals surface area contributed by atoms with E-state index in [0.29, 0.717) is 12.6 Å². The summed E-state index contributed by atoms with van der Waals surface area (Å²) in [5.74, 6) is 0. The molecule has 1 aliphatic carbocycles. The van der Waals surface area contributed by atoms with Crippen LogP contribution in [0.5, 0.6) is 0 Å². The molecule has 4 nitrogen and oxygen atoms in total. The molecule has 1 unspecified atom stereocenters. The van der Waals surface area contributed by atoms with Gasteiger partial charge in [0.1, 0.15) is 6.61 Å². The molecular weight excluding hydrogens is 146 g/mol. The van der Waals surface area contributed by atoms with Gasteiger partial charge in [0.05, 0.1) is 12.6 Å². The van der Waals surface area contributed by atoms with E-state index in [9.17, 15) is 4.79 Å². The second-order valence-electron chi connectivity index (χ2n) is 3.05. The Hall–Kier alpha value is -0.770. The molecule has 2 rings (SSSR count). The third-order valence-corrected chi connectivity index (χ3v) is 2.15. The van der Waals surface area contributed by atoms with Gasteiger partial charge in [-0.25, -0.2) is 4.79 Å². The molecule has 2 aliphatic rings. The molecule has 0 aromatic rings. The first kappa shape index (κ1) is 6.91. The lowest BCUT2D eigenvalue weighted by atomic mass is 10.3. The van der Waals surface area contributed by atoms with Gasteiger partial charge in [-0.15, -0.1) is 0 Å². The summed E-state index contributed by atoms with van der Waals surface area (Å²) in [6.45, 7) is 0.369. The van der Waals surface area contributed by atoms with Crippen molar-refractivity contribution in [2.75, 3.05) is 13.2 Å². The van der Waals surface area contributed by atoms with E-state index in [-0.39, 0.29) is 18.7 Å². The second-order valence-corrected chi connectivity index (χ2v) is 3.05. The maximum absolute atomic E-state index is 11.0. The van der Waals surface area contributed by atoms with Crippen LogP contribution in [-0.4, -0.2) is 41.4 Å². The fraction of sp³-hybridized carbons (Fsp3) is 0.857. The minimum atomic E-state index is -0.258. The number of cyclic esters (lactones) is 1. The number of amides is 1. The van der Waals surface area contributed by atoms with Crippen molar-refractivity contribution >= 4 is 6.09 Å². The Morgan fingerprint density at radius 2 is 2.36 bits per heavy atom. The largest absolute Gasteiger partial charge is 0.447 e. The van der Waals surface area contributed by atoms with E-state index >= 15 is 0 Å². The number of nitrogens with zero attached hydrogens (tertiary/aromatic N) is 1. The molecule has 0 aromatic heterocycles. The van der Waals surface area contributed by atoms with Crippen LogP contribution in [-0.2, 0) is 4.74 Å². The van der Waals surface area contributed by atoms with E-state index in [4.69, 9.17) is 9.84 Å². The second kappa shape index (κ2) is 2.37. The van der Waals surface area contributed by atoms with Crippen LogP contribution in [0.3, 0.4) is 0 Å². The van der Waals surface area contributed by atoms with Gasteiger partial charge in [0, 0.05) is 6.04 Å². The molecule has 2 fully saturated rings. The predicted octanol–water partition coefficient (Wildman–Crippen LogP) is -0.0381. The van der Waals surface area contributed by atoms with Gasteiger partial charge in [-0.2, -0.15) is 0 Å². The average molecular weight is 157 g/mol. The van der Waals surface area contributed by atoms with E-state index in [1.54, 1.807) is 4.90 Å². The summed E-state index contributed by atoms with van der Waals surface area (Å²) >= 11 is 0. The van der Waals surface area contributed by atoms with Crippen LogP contribution in [0.15, 0.2) is 0 Å². The normalized spacial score (nSPS) is 30.8. The van der Waals surface area contributed by atoms with Crippen LogP contribution < -0.4 is 0 Å². The number of aliphatic hydroxyl groups excluding tert-OH is 1. The predicted molar refractivity (Wildman–Crippen MR) is 37.1 cm³/mol. The fourth-order valence-corrected chi connectivity index (χ4v) is 1.41. The summed E-state index contributed by atoms with van der Waals surface area (Å²) in [7, 11) is 0. The topological polar surface area (TPSA) is 49.8 Å².